The fourth-order valence-electron chi connectivity index (χ4n) is 2.78. The van der Waals surface area contributed by atoms with Gasteiger partial charge in [-0.1, -0.05) is 30.3 Å². The maximum Gasteiger partial charge on any atom is 0.246 e. The molecule has 0 saturated heterocycles. The quantitative estimate of drug-likeness (QED) is 0.345. The van der Waals surface area contributed by atoms with E-state index >= 15 is 0 Å². The van der Waals surface area contributed by atoms with Gasteiger partial charge in [-0.05, 0) is 54.1 Å². The maximum absolute atomic E-state index is 10.2. The van der Waals surface area contributed by atoms with Crippen LogP contribution in [-0.2, 0) is 0 Å². The summed E-state index contributed by atoms with van der Waals surface area (Å²) in [7, 11) is 0. The highest BCUT2D eigenvalue weighted by Crippen LogP contribution is 2.28. The number of benzene rings is 2. The molecule has 0 radical (unpaired) electrons. The standard InChI is InChI=1S/C22H19N3OS/c26-22(24-18-6-8-19(9-7-18)25-15-14-23-16-25)13-11-20-10-12-21(27-20)17-4-2-1-3-5-17/h1-16,22,24,26H/p+1/b13-11+. The first-order valence-corrected chi connectivity index (χ1v) is 9.52. The molecule has 2 aromatic heterocycles. The van der Waals surface area contributed by atoms with Gasteiger partial charge in [0.25, 0.3) is 0 Å². The molecule has 3 N–H and O–H groups in total. The second-order valence-electron chi connectivity index (χ2n) is 6.08. The molecular formula is C22H20N3OS+. The van der Waals surface area contributed by atoms with E-state index in [-0.39, 0.29) is 0 Å². The van der Waals surface area contributed by atoms with E-state index in [9.17, 15) is 5.11 Å². The third-order valence-electron chi connectivity index (χ3n) is 4.15. The highest BCUT2D eigenvalue weighted by Gasteiger charge is 2.04. The SMILES string of the molecule is OC(/C=C/c1ccc(-c2ccccc2)s1)Nc1ccc(-[n+]2cc[nH]c2)cc1. The van der Waals surface area contributed by atoms with E-state index in [2.05, 4.69) is 34.6 Å². The highest BCUT2D eigenvalue weighted by atomic mass is 32.1. The van der Waals surface area contributed by atoms with Crippen molar-refractivity contribution in [1.82, 2.24) is 4.98 Å². The summed E-state index contributed by atoms with van der Waals surface area (Å²) in [6.45, 7) is 0. The third-order valence-corrected chi connectivity index (χ3v) is 5.25. The second-order valence-corrected chi connectivity index (χ2v) is 7.20. The average Bonchev–Trinajstić information content (AvgIpc) is 3.40. The summed E-state index contributed by atoms with van der Waals surface area (Å²) in [5, 5.41) is 13.3. The monoisotopic (exact) mass is 374 g/mol. The Morgan fingerprint density at radius 2 is 1.81 bits per heavy atom. The molecule has 0 spiro atoms. The third kappa shape index (κ3) is 4.34. The Bertz CT molecular complexity index is 1010. The molecule has 5 heteroatoms. The van der Waals surface area contributed by atoms with Crippen molar-refractivity contribution in [2.45, 2.75) is 6.23 Å². The lowest BCUT2D eigenvalue weighted by molar-refractivity contribution is -0.594. The van der Waals surface area contributed by atoms with E-state index in [0.717, 1.165) is 16.3 Å². The van der Waals surface area contributed by atoms with Crippen molar-refractivity contribution >= 4 is 23.1 Å². The topological polar surface area (TPSA) is 51.9 Å². The summed E-state index contributed by atoms with van der Waals surface area (Å²) in [6, 6.07) is 22.4. The molecule has 4 nitrogen and oxygen atoms in total. The van der Waals surface area contributed by atoms with Gasteiger partial charge in [0.15, 0.2) is 0 Å². The van der Waals surface area contributed by atoms with E-state index in [1.54, 1.807) is 17.4 Å². The number of anilines is 1. The zero-order valence-electron chi connectivity index (χ0n) is 14.6. The van der Waals surface area contributed by atoms with E-state index in [1.807, 2.05) is 71.8 Å². The normalized spacial score (nSPS) is 12.3. The molecule has 0 aliphatic rings. The lowest BCUT2D eigenvalue weighted by atomic mass is 10.2. The van der Waals surface area contributed by atoms with Gasteiger partial charge in [-0.15, -0.1) is 11.3 Å². The number of aromatic nitrogens is 2. The molecule has 0 fully saturated rings. The number of hydrogen-bond acceptors (Lipinski definition) is 3. The van der Waals surface area contributed by atoms with Crippen molar-refractivity contribution in [2.24, 2.45) is 0 Å². The van der Waals surface area contributed by atoms with Crippen LogP contribution < -0.4 is 9.88 Å². The van der Waals surface area contributed by atoms with Crippen LogP contribution >= 0.6 is 11.3 Å². The first kappa shape index (κ1) is 17.3. The average molecular weight is 374 g/mol. The van der Waals surface area contributed by atoms with Crippen LogP contribution in [0.3, 0.4) is 0 Å². The minimum absolute atomic E-state index is 0.752. The van der Waals surface area contributed by atoms with Crippen LogP contribution in [0.4, 0.5) is 5.69 Å². The van der Waals surface area contributed by atoms with Crippen LogP contribution in [0.25, 0.3) is 22.2 Å². The van der Waals surface area contributed by atoms with Crippen LogP contribution in [0.5, 0.6) is 0 Å². The number of imidazole rings is 1. The summed E-state index contributed by atoms with van der Waals surface area (Å²) >= 11 is 1.70. The second kappa shape index (κ2) is 8.03. The molecule has 1 atom stereocenters. The number of hydrogen-bond donors (Lipinski definition) is 3. The van der Waals surface area contributed by atoms with Gasteiger partial charge in [0.1, 0.15) is 24.3 Å². The molecule has 0 bridgehead atoms. The Kier molecular flexibility index (Phi) is 5.14. The summed E-state index contributed by atoms with van der Waals surface area (Å²) in [6.07, 6.45) is 8.65. The van der Waals surface area contributed by atoms with Crippen LogP contribution in [0.1, 0.15) is 4.88 Å². The summed E-state index contributed by atoms with van der Waals surface area (Å²) < 4.78 is 1.99. The Balaban J connectivity index is 1.38. The molecule has 27 heavy (non-hydrogen) atoms. The Morgan fingerprint density at radius 3 is 2.56 bits per heavy atom. The number of nitrogens with zero attached hydrogens (tertiary/aromatic N) is 1. The van der Waals surface area contributed by atoms with E-state index in [0.29, 0.717) is 0 Å². The molecular weight excluding hydrogens is 354 g/mol. The predicted octanol–water partition coefficient (Wildman–Crippen LogP) is 4.46. The minimum atomic E-state index is -0.752. The molecule has 0 aliphatic heterocycles. The minimum Gasteiger partial charge on any atom is -0.370 e. The zero-order valence-corrected chi connectivity index (χ0v) is 15.4. The van der Waals surface area contributed by atoms with Crippen LogP contribution in [0, 0.1) is 0 Å². The van der Waals surface area contributed by atoms with Crippen LogP contribution in [-0.4, -0.2) is 16.3 Å². The van der Waals surface area contributed by atoms with Crippen molar-refractivity contribution in [1.29, 1.82) is 0 Å². The van der Waals surface area contributed by atoms with Crippen molar-refractivity contribution in [3.63, 3.8) is 0 Å². The number of rotatable bonds is 6. The van der Waals surface area contributed by atoms with Gasteiger partial charge < -0.3 is 10.4 Å². The molecule has 1 unspecified atom stereocenters. The Hall–Kier alpha value is -3.15. The predicted molar refractivity (Wildman–Crippen MR) is 111 cm³/mol. The molecule has 0 aliphatic carbocycles. The maximum atomic E-state index is 10.2. The summed E-state index contributed by atoms with van der Waals surface area (Å²) in [5.74, 6) is 0. The smallest absolute Gasteiger partial charge is 0.246 e. The summed E-state index contributed by atoms with van der Waals surface area (Å²) in [5.41, 5.74) is 3.13. The molecule has 4 rings (SSSR count). The number of nitrogens with one attached hydrogen (secondary N) is 2. The molecule has 0 amide bonds. The van der Waals surface area contributed by atoms with E-state index in [1.165, 1.54) is 10.4 Å². The molecule has 2 heterocycles. The first-order valence-electron chi connectivity index (χ1n) is 8.70. The fourth-order valence-corrected chi connectivity index (χ4v) is 3.71. The molecule has 134 valence electrons. The number of H-pyrrole nitrogens is 1. The van der Waals surface area contributed by atoms with Gasteiger partial charge >= 0.3 is 0 Å². The van der Waals surface area contributed by atoms with Crippen molar-refractivity contribution in [2.75, 3.05) is 5.32 Å². The highest BCUT2D eigenvalue weighted by molar-refractivity contribution is 7.16. The van der Waals surface area contributed by atoms with Gasteiger partial charge in [0.2, 0.25) is 6.33 Å². The number of aromatic amines is 1. The molecule has 0 saturated carbocycles. The lowest BCUT2D eigenvalue weighted by Crippen LogP contribution is -2.26. The number of thiophene rings is 1. The Morgan fingerprint density at radius 1 is 1.00 bits per heavy atom. The molecule has 2 aromatic carbocycles. The van der Waals surface area contributed by atoms with Gasteiger partial charge in [0.05, 0.1) is 0 Å². The largest absolute Gasteiger partial charge is 0.370 e. The van der Waals surface area contributed by atoms with Gasteiger partial charge in [0, 0.05) is 15.4 Å². The van der Waals surface area contributed by atoms with Gasteiger partial charge in [-0.2, -0.15) is 0 Å². The Labute approximate surface area is 162 Å². The number of aliphatic hydroxyl groups excluding tert-OH is 1. The van der Waals surface area contributed by atoms with Crippen molar-refractivity contribution < 1.29 is 9.67 Å². The van der Waals surface area contributed by atoms with E-state index < -0.39 is 6.23 Å². The van der Waals surface area contributed by atoms with Crippen LogP contribution in [0.2, 0.25) is 0 Å². The van der Waals surface area contributed by atoms with E-state index in [4.69, 9.17) is 0 Å². The van der Waals surface area contributed by atoms with Crippen molar-refractivity contribution in [3.05, 3.63) is 96.4 Å². The van der Waals surface area contributed by atoms with Gasteiger partial charge in [-0.3, -0.25) is 0 Å². The summed E-state index contributed by atoms with van der Waals surface area (Å²) in [4.78, 5) is 5.34. The molecule has 4 aromatic rings. The zero-order chi connectivity index (χ0) is 18.5. The van der Waals surface area contributed by atoms with Gasteiger partial charge in [-0.25, -0.2) is 9.55 Å². The number of aliphatic hydroxyl groups is 1. The van der Waals surface area contributed by atoms with Crippen LogP contribution in [0.15, 0.2) is 91.5 Å². The lowest BCUT2D eigenvalue weighted by Gasteiger charge is -2.10. The first-order chi connectivity index (χ1) is 13.3. The fraction of sp³-hybridized carbons (Fsp3) is 0.0455. The van der Waals surface area contributed by atoms with Crippen molar-refractivity contribution in [3.8, 4) is 16.1 Å².